The Labute approximate surface area is 163 Å². The third-order valence-corrected chi connectivity index (χ3v) is 4.97. The second kappa shape index (κ2) is 8.19. The molecule has 2 N–H and O–H groups in total. The molecule has 1 aliphatic carbocycles. The molecule has 0 saturated heterocycles. The van der Waals surface area contributed by atoms with Crippen molar-refractivity contribution in [2.24, 2.45) is 0 Å². The Hall–Kier alpha value is -1.91. The molecule has 0 atom stereocenters. The zero-order valence-electron chi connectivity index (χ0n) is 14.5. The van der Waals surface area contributed by atoms with E-state index in [2.05, 4.69) is 30.4 Å². The molecule has 3 rings (SSSR count). The lowest BCUT2D eigenvalue weighted by Gasteiger charge is -2.28. The van der Waals surface area contributed by atoms with Crippen LogP contribution in [0.4, 0.5) is 5.69 Å². The number of carbonyl (C=O) groups is 1. The lowest BCUT2D eigenvalue weighted by atomic mass is 9.93. The summed E-state index contributed by atoms with van der Waals surface area (Å²) < 4.78 is 5.83. The normalized spacial score (nSPS) is 14.0. The number of hydrogen-bond donors (Lipinski definition) is 2. The van der Waals surface area contributed by atoms with Crippen molar-refractivity contribution in [3.05, 3.63) is 57.1 Å². The maximum Gasteiger partial charge on any atom is 0.307 e. The molecule has 2 aromatic carbocycles. The summed E-state index contributed by atoms with van der Waals surface area (Å²) in [5.74, 6) is -0.561. The van der Waals surface area contributed by atoms with Gasteiger partial charge in [0, 0.05) is 11.7 Å². The van der Waals surface area contributed by atoms with E-state index in [0.29, 0.717) is 34.0 Å². The van der Waals surface area contributed by atoms with Gasteiger partial charge in [0.05, 0.1) is 16.5 Å². The number of carboxylic acid groups (broad SMARTS) is 1. The number of anilines is 1. The highest BCUT2D eigenvalue weighted by Gasteiger charge is 2.17. The summed E-state index contributed by atoms with van der Waals surface area (Å²) in [5.41, 5.74) is 3.82. The fourth-order valence-electron chi connectivity index (χ4n) is 3.00. The van der Waals surface area contributed by atoms with Gasteiger partial charge in [0.1, 0.15) is 6.61 Å². The highest BCUT2D eigenvalue weighted by Crippen LogP contribution is 2.35. The predicted octanol–water partition coefficient (Wildman–Crippen LogP) is 5.47. The van der Waals surface area contributed by atoms with Crippen LogP contribution in [-0.2, 0) is 17.8 Å². The van der Waals surface area contributed by atoms with Crippen molar-refractivity contribution in [3.63, 3.8) is 0 Å². The average Bonchev–Trinajstić information content (AvgIpc) is 2.49. The Morgan fingerprint density at radius 1 is 1.15 bits per heavy atom. The summed E-state index contributed by atoms with van der Waals surface area (Å²) in [5, 5.41) is 13.1. The van der Waals surface area contributed by atoms with Gasteiger partial charge in [-0.15, -0.1) is 0 Å². The largest absolute Gasteiger partial charge is 0.486 e. The third kappa shape index (κ3) is 4.83. The van der Waals surface area contributed by atoms with Crippen LogP contribution < -0.4 is 10.1 Å². The van der Waals surface area contributed by atoms with Gasteiger partial charge >= 0.3 is 5.97 Å². The van der Waals surface area contributed by atoms with Crippen LogP contribution in [0.25, 0.3) is 0 Å². The first-order chi connectivity index (χ1) is 12.4. The molecule has 2 aromatic rings. The van der Waals surface area contributed by atoms with Crippen LogP contribution in [-0.4, -0.2) is 17.1 Å². The van der Waals surface area contributed by atoms with Gasteiger partial charge in [0.25, 0.3) is 0 Å². The van der Waals surface area contributed by atoms with Crippen molar-refractivity contribution < 1.29 is 14.6 Å². The maximum absolute atomic E-state index is 10.8. The summed E-state index contributed by atoms with van der Waals surface area (Å²) >= 11 is 12.5. The van der Waals surface area contributed by atoms with Crippen LogP contribution in [0.2, 0.25) is 10.0 Å². The fraction of sp³-hybridized carbons (Fsp3) is 0.350. The van der Waals surface area contributed by atoms with Crippen LogP contribution >= 0.6 is 23.2 Å². The number of benzene rings is 2. The van der Waals surface area contributed by atoms with E-state index in [1.54, 1.807) is 12.1 Å². The van der Waals surface area contributed by atoms with Crippen molar-refractivity contribution in [2.45, 2.75) is 45.3 Å². The predicted molar refractivity (Wildman–Crippen MR) is 105 cm³/mol. The molecule has 1 saturated carbocycles. The van der Waals surface area contributed by atoms with Gasteiger partial charge in [-0.05, 0) is 67.1 Å². The van der Waals surface area contributed by atoms with Crippen molar-refractivity contribution in [2.75, 3.05) is 5.32 Å². The minimum atomic E-state index is -0.933. The molecule has 0 radical (unpaired) electrons. The van der Waals surface area contributed by atoms with E-state index in [-0.39, 0.29) is 6.42 Å². The number of halogens is 2. The third-order valence-electron chi connectivity index (χ3n) is 4.41. The van der Waals surface area contributed by atoms with Crippen LogP contribution in [0, 0.1) is 6.92 Å². The topological polar surface area (TPSA) is 58.6 Å². The zero-order chi connectivity index (χ0) is 18.7. The molecule has 4 nitrogen and oxygen atoms in total. The van der Waals surface area contributed by atoms with Gasteiger partial charge < -0.3 is 15.2 Å². The van der Waals surface area contributed by atoms with Crippen molar-refractivity contribution >= 4 is 34.9 Å². The van der Waals surface area contributed by atoms with E-state index in [1.807, 2.05) is 0 Å². The van der Waals surface area contributed by atoms with Gasteiger partial charge in [-0.3, -0.25) is 4.79 Å². The molecule has 0 amide bonds. The first-order valence-corrected chi connectivity index (χ1v) is 9.36. The second-order valence-corrected chi connectivity index (χ2v) is 7.54. The minimum absolute atomic E-state index is 0.131. The molecular weight excluding hydrogens is 373 g/mol. The van der Waals surface area contributed by atoms with E-state index in [9.17, 15) is 4.79 Å². The fourth-order valence-corrected chi connectivity index (χ4v) is 3.64. The maximum atomic E-state index is 10.8. The smallest absolute Gasteiger partial charge is 0.307 e. The molecule has 6 heteroatoms. The highest BCUT2D eigenvalue weighted by atomic mass is 35.5. The minimum Gasteiger partial charge on any atom is -0.486 e. The lowest BCUT2D eigenvalue weighted by molar-refractivity contribution is -0.136. The molecule has 138 valence electrons. The van der Waals surface area contributed by atoms with E-state index >= 15 is 0 Å². The van der Waals surface area contributed by atoms with Gasteiger partial charge in [-0.2, -0.15) is 0 Å². The summed E-state index contributed by atoms with van der Waals surface area (Å²) in [6.07, 6.45) is 3.59. The van der Waals surface area contributed by atoms with E-state index in [0.717, 1.165) is 16.8 Å². The summed E-state index contributed by atoms with van der Waals surface area (Å²) in [6.45, 7) is 2.38. The van der Waals surface area contributed by atoms with Gasteiger partial charge in [-0.1, -0.05) is 29.3 Å². The quantitative estimate of drug-likeness (QED) is 0.654. The molecule has 0 unspecified atom stereocenters. The van der Waals surface area contributed by atoms with Gasteiger partial charge in [-0.25, -0.2) is 0 Å². The molecule has 0 aromatic heterocycles. The number of rotatable bonds is 7. The number of ether oxygens (including phenoxy) is 1. The van der Waals surface area contributed by atoms with E-state index in [1.165, 1.54) is 19.3 Å². The van der Waals surface area contributed by atoms with Crippen LogP contribution in [0.5, 0.6) is 5.75 Å². The Balaban J connectivity index is 1.71. The Morgan fingerprint density at radius 3 is 2.42 bits per heavy atom. The molecular formula is C20H21Cl2NO3. The Morgan fingerprint density at radius 2 is 1.85 bits per heavy atom. The standard InChI is InChI=1S/C20H21Cl2NO3/c1-12-5-14(7-16(6-12)23-15-3-2-4-15)11-26-20-17(21)8-13(9-18(20)22)10-19(24)25/h5-9,15,23H,2-4,10-11H2,1H3,(H,24,25). The van der Waals surface area contributed by atoms with Crippen LogP contribution in [0.3, 0.4) is 0 Å². The molecule has 26 heavy (non-hydrogen) atoms. The van der Waals surface area contributed by atoms with E-state index < -0.39 is 5.97 Å². The first-order valence-electron chi connectivity index (χ1n) is 8.60. The lowest BCUT2D eigenvalue weighted by Crippen LogP contribution is -2.27. The summed E-state index contributed by atoms with van der Waals surface area (Å²) in [7, 11) is 0. The second-order valence-electron chi connectivity index (χ2n) is 6.73. The van der Waals surface area contributed by atoms with Gasteiger partial charge in [0.15, 0.2) is 5.75 Å². The van der Waals surface area contributed by atoms with Crippen LogP contribution in [0.15, 0.2) is 30.3 Å². The molecule has 1 aliphatic rings. The number of hydrogen-bond acceptors (Lipinski definition) is 3. The summed E-state index contributed by atoms with van der Waals surface area (Å²) in [4.78, 5) is 10.8. The van der Waals surface area contributed by atoms with E-state index in [4.69, 9.17) is 33.0 Å². The number of aryl methyl sites for hydroxylation is 1. The number of carboxylic acids is 1. The molecule has 0 bridgehead atoms. The van der Waals surface area contributed by atoms with Crippen molar-refractivity contribution in [1.82, 2.24) is 0 Å². The van der Waals surface area contributed by atoms with Gasteiger partial charge in [0.2, 0.25) is 0 Å². The number of aliphatic carboxylic acids is 1. The number of nitrogens with one attached hydrogen (secondary N) is 1. The molecule has 0 spiro atoms. The zero-order valence-corrected chi connectivity index (χ0v) is 16.0. The molecule has 0 aliphatic heterocycles. The molecule has 0 heterocycles. The van der Waals surface area contributed by atoms with Crippen molar-refractivity contribution in [1.29, 1.82) is 0 Å². The first kappa shape index (κ1) is 18.9. The Kier molecular flexibility index (Phi) is 5.94. The average molecular weight is 394 g/mol. The highest BCUT2D eigenvalue weighted by molar-refractivity contribution is 6.37. The van der Waals surface area contributed by atoms with Crippen molar-refractivity contribution in [3.8, 4) is 5.75 Å². The molecule has 1 fully saturated rings. The SMILES string of the molecule is Cc1cc(COc2c(Cl)cc(CC(=O)O)cc2Cl)cc(NC2CCC2)c1. The monoisotopic (exact) mass is 393 g/mol. The Bertz CT molecular complexity index is 796. The summed E-state index contributed by atoms with van der Waals surface area (Å²) in [6, 6.07) is 9.99. The van der Waals surface area contributed by atoms with Crippen LogP contribution in [0.1, 0.15) is 36.0 Å².